The molecule has 0 spiro atoms. The number of hydrogen-bond donors (Lipinski definition) is 1. The van der Waals surface area contributed by atoms with Crippen molar-refractivity contribution in [2.75, 3.05) is 5.75 Å². The van der Waals surface area contributed by atoms with Crippen molar-refractivity contribution in [3.63, 3.8) is 0 Å². The van der Waals surface area contributed by atoms with Gasteiger partial charge in [-0.2, -0.15) is 5.10 Å². The first-order chi connectivity index (χ1) is 16.2. The lowest BCUT2D eigenvalue weighted by Crippen LogP contribution is -2.24. The molecule has 0 saturated heterocycles. The number of para-hydroxylation sites is 1. The highest BCUT2D eigenvalue weighted by atomic mass is 32.2. The number of fused-ring (bicyclic) bond motifs is 3. The standard InChI is InChI=1S/C24H21N5O2S2/c30-20(28-26-14-16-7-6-12-25-13-16)15-32-24-27-22-21(18-10-4-5-11-19(18)33-22)23(31)29(24)17-8-2-1-3-9-17/h1-3,6-9,12-14H,4-5,10-11,15H2,(H,28,30)/b26-14-. The van der Waals surface area contributed by atoms with E-state index >= 15 is 0 Å². The molecule has 0 bridgehead atoms. The summed E-state index contributed by atoms with van der Waals surface area (Å²) in [6.07, 6.45) is 9.03. The molecule has 3 heterocycles. The monoisotopic (exact) mass is 475 g/mol. The van der Waals surface area contributed by atoms with E-state index in [0.717, 1.165) is 52.7 Å². The molecular formula is C24H21N5O2S2. The van der Waals surface area contributed by atoms with Crippen LogP contribution in [0.25, 0.3) is 15.9 Å². The summed E-state index contributed by atoms with van der Waals surface area (Å²) in [6, 6.07) is 13.1. The van der Waals surface area contributed by atoms with Gasteiger partial charge in [0.25, 0.3) is 11.5 Å². The fraction of sp³-hybridized carbons (Fsp3) is 0.208. The summed E-state index contributed by atoms with van der Waals surface area (Å²) in [4.78, 5) is 36.9. The molecule has 7 nitrogen and oxygen atoms in total. The molecule has 0 saturated carbocycles. The van der Waals surface area contributed by atoms with Gasteiger partial charge in [-0.1, -0.05) is 36.0 Å². The third-order valence-corrected chi connectivity index (χ3v) is 7.52. The molecule has 1 amide bonds. The van der Waals surface area contributed by atoms with Crippen LogP contribution in [0.3, 0.4) is 0 Å². The normalized spacial score (nSPS) is 13.3. The average molecular weight is 476 g/mol. The van der Waals surface area contributed by atoms with Crippen molar-refractivity contribution in [2.45, 2.75) is 30.8 Å². The number of pyridine rings is 1. The van der Waals surface area contributed by atoms with E-state index in [1.165, 1.54) is 22.9 Å². The number of carbonyl (C=O) groups is 1. The molecule has 0 fully saturated rings. The lowest BCUT2D eigenvalue weighted by atomic mass is 9.97. The molecule has 0 radical (unpaired) electrons. The Balaban J connectivity index is 1.44. The van der Waals surface area contributed by atoms with Crippen LogP contribution in [0.2, 0.25) is 0 Å². The molecule has 9 heteroatoms. The van der Waals surface area contributed by atoms with Crippen molar-refractivity contribution < 1.29 is 4.79 Å². The van der Waals surface area contributed by atoms with Gasteiger partial charge in [0, 0.05) is 22.8 Å². The molecule has 33 heavy (non-hydrogen) atoms. The summed E-state index contributed by atoms with van der Waals surface area (Å²) in [5.41, 5.74) is 5.14. The molecule has 166 valence electrons. The molecule has 4 aromatic rings. The first kappa shape index (κ1) is 21.5. The minimum Gasteiger partial charge on any atom is -0.272 e. The van der Waals surface area contributed by atoms with E-state index in [0.29, 0.717) is 5.16 Å². The number of hydrogen-bond acceptors (Lipinski definition) is 7. The highest BCUT2D eigenvalue weighted by Crippen LogP contribution is 2.35. The Labute approximate surface area is 198 Å². The van der Waals surface area contributed by atoms with Crippen molar-refractivity contribution in [3.05, 3.63) is 81.2 Å². The second-order valence-electron chi connectivity index (χ2n) is 7.63. The maximum Gasteiger partial charge on any atom is 0.267 e. The predicted molar refractivity (Wildman–Crippen MR) is 133 cm³/mol. The number of aryl methyl sites for hydroxylation is 2. The molecule has 3 aromatic heterocycles. The quantitative estimate of drug-likeness (QED) is 0.197. The van der Waals surface area contributed by atoms with Crippen molar-refractivity contribution in [3.8, 4) is 5.69 Å². The average Bonchev–Trinajstić information content (AvgIpc) is 3.23. The summed E-state index contributed by atoms with van der Waals surface area (Å²) in [7, 11) is 0. The molecule has 5 rings (SSSR count). The summed E-state index contributed by atoms with van der Waals surface area (Å²) in [6.45, 7) is 0. The van der Waals surface area contributed by atoms with Gasteiger partial charge in [-0.3, -0.25) is 19.1 Å². The van der Waals surface area contributed by atoms with Gasteiger partial charge in [0.05, 0.1) is 23.0 Å². The number of thiophene rings is 1. The van der Waals surface area contributed by atoms with Crippen LogP contribution in [-0.4, -0.2) is 32.4 Å². The molecular weight excluding hydrogens is 454 g/mol. The summed E-state index contributed by atoms with van der Waals surface area (Å²) in [5.74, 6) is -0.195. The van der Waals surface area contributed by atoms with E-state index in [9.17, 15) is 9.59 Å². The van der Waals surface area contributed by atoms with Gasteiger partial charge in [-0.15, -0.1) is 11.3 Å². The highest BCUT2D eigenvalue weighted by Gasteiger charge is 2.23. The summed E-state index contributed by atoms with van der Waals surface area (Å²) >= 11 is 2.84. The van der Waals surface area contributed by atoms with Crippen LogP contribution in [0.1, 0.15) is 28.8 Å². The smallest absolute Gasteiger partial charge is 0.267 e. The molecule has 1 aromatic carbocycles. The van der Waals surface area contributed by atoms with Crippen molar-refractivity contribution in [2.24, 2.45) is 5.10 Å². The minimum absolute atomic E-state index is 0.0666. The largest absolute Gasteiger partial charge is 0.272 e. The van der Waals surface area contributed by atoms with Gasteiger partial charge in [0.2, 0.25) is 0 Å². The molecule has 1 aliphatic carbocycles. The Morgan fingerprint density at radius 1 is 1.18 bits per heavy atom. The number of rotatable bonds is 6. The lowest BCUT2D eigenvalue weighted by Gasteiger charge is -2.13. The predicted octanol–water partition coefficient (Wildman–Crippen LogP) is 3.96. The van der Waals surface area contributed by atoms with Gasteiger partial charge in [-0.25, -0.2) is 10.4 Å². The first-order valence-corrected chi connectivity index (χ1v) is 12.5. The van der Waals surface area contributed by atoms with Gasteiger partial charge in [0.1, 0.15) is 4.83 Å². The SMILES string of the molecule is O=C(CSc1nc2sc3c(c2c(=O)n1-c1ccccc1)CCCC3)N/N=C\c1cccnc1. The Morgan fingerprint density at radius 3 is 2.85 bits per heavy atom. The van der Waals surface area contributed by atoms with E-state index in [1.807, 2.05) is 36.4 Å². The van der Waals surface area contributed by atoms with E-state index in [1.54, 1.807) is 34.4 Å². The van der Waals surface area contributed by atoms with Crippen LogP contribution < -0.4 is 11.0 Å². The Morgan fingerprint density at radius 2 is 2.03 bits per heavy atom. The Hall–Kier alpha value is -3.30. The van der Waals surface area contributed by atoms with E-state index in [2.05, 4.69) is 15.5 Å². The number of carbonyl (C=O) groups excluding carboxylic acids is 1. The Kier molecular flexibility index (Phi) is 6.32. The zero-order valence-electron chi connectivity index (χ0n) is 17.7. The number of nitrogens with zero attached hydrogens (tertiary/aromatic N) is 4. The second-order valence-corrected chi connectivity index (χ2v) is 9.66. The van der Waals surface area contributed by atoms with Crippen LogP contribution >= 0.6 is 23.1 Å². The third kappa shape index (κ3) is 4.60. The number of amides is 1. The number of thioether (sulfide) groups is 1. The summed E-state index contributed by atoms with van der Waals surface area (Å²) in [5, 5.41) is 5.21. The minimum atomic E-state index is -0.278. The molecule has 0 unspecified atom stereocenters. The first-order valence-electron chi connectivity index (χ1n) is 10.7. The van der Waals surface area contributed by atoms with Gasteiger partial charge >= 0.3 is 0 Å². The fourth-order valence-corrected chi connectivity index (χ4v) is 5.99. The van der Waals surface area contributed by atoms with Crippen LogP contribution in [0, 0.1) is 0 Å². The number of benzene rings is 1. The van der Waals surface area contributed by atoms with E-state index < -0.39 is 0 Å². The maximum atomic E-state index is 13.6. The van der Waals surface area contributed by atoms with Crippen LogP contribution in [0.4, 0.5) is 0 Å². The lowest BCUT2D eigenvalue weighted by molar-refractivity contribution is -0.118. The molecule has 0 aliphatic heterocycles. The Bertz CT molecular complexity index is 1380. The summed E-state index contributed by atoms with van der Waals surface area (Å²) < 4.78 is 1.63. The molecule has 1 N–H and O–H groups in total. The highest BCUT2D eigenvalue weighted by molar-refractivity contribution is 7.99. The van der Waals surface area contributed by atoms with Crippen LogP contribution in [0.5, 0.6) is 0 Å². The van der Waals surface area contributed by atoms with Gasteiger partial charge in [-0.05, 0) is 49.4 Å². The maximum absolute atomic E-state index is 13.6. The van der Waals surface area contributed by atoms with Crippen LogP contribution in [-0.2, 0) is 17.6 Å². The fourth-order valence-electron chi connectivity index (χ4n) is 3.88. The van der Waals surface area contributed by atoms with E-state index in [-0.39, 0.29) is 17.2 Å². The van der Waals surface area contributed by atoms with Crippen LogP contribution in [0.15, 0.2) is 69.9 Å². The van der Waals surface area contributed by atoms with Gasteiger partial charge in [0.15, 0.2) is 5.16 Å². The zero-order valence-corrected chi connectivity index (χ0v) is 19.4. The third-order valence-electron chi connectivity index (χ3n) is 5.39. The topological polar surface area (TPSA) is 89.2 Å². The van der Waals surface area contributed by atoms with Crippen molar-refractivity contribution in [1.82, 2.24) is 20.0 Å². The number of nitrogens with one attached hydrogen (secondary N) is 1. The molecule has 1 aliphatic rings. The zero-order chi connectivity index (χ0) is 22.6. The second kappa shape index (κ2) is 9.68. The van der Waals surface area contributed by atoms with E-state index in [4.69, 9.17) is 4.98 Å². The number of aromatic nitrogens is 3. The number of hydrazone groups is 1. The van der Waals surface area contributed by atoms with Crippen molar-refractivity contribution >= 4 is 45.4 Å². The molecule has 0 atom stereocenters. The van der Waals surface area contributed by atoms with Gasteiger partial charge < -0.3 is 0 Å². The van der Waals surface area contributed by atoms with Crippen molar-refractivity contribution in [1.29, 1.82) is 0 Å².